The lowest BCUT2D eigenvalue weighted by atomic mass is 10.1. The van der Waals surface area contributed by atoms with Gasteiger partial charge in [-0.15, -0.1) is 10.2 Å². The Kier molecular flexibility index (Phi) is 5.92. The van der Waals surface area contributed by atoms with Crippen molar-refractivity contribution in [2.45, 2.75) is 13.8 Å². The quantitative estimate of drug-likeness (QED) is 0.613. The van der Waals surface area contributed by atoms with Gasteiger partial charge in [0.1, 0.15) is 0 Å². The van der Waals surface area contributed by atoms with Crippen molar-refractivity contribution in [3.05, 3.63) is 47.5 Å². The largest absolute Gasteiger partial charge is 0.395 e. The Morgan fingerprint density at radius 3 is 2.42 bits per heavy atom. The molecule has 0 aliphatic rings. The minimum absolute atomic E-state index is 0.0392. The fraction of sp³-hybridized carbons (Fsp3) is 0.316. The molecule has 0 aliphatic heterocycles. The Balaban J connectivity index is 1.82. The number of hydrogen-bond donors (Lipinski definition) is 2. The molecule has 1 aromatic heterocycles. The van der Waals surface area contributed by atoms with Crippen LogP contribution in [0.2, 0.25) is 0 Å². The predicted octanol–water partition coefficient (Wildman–Crippen LogP) is 4.12. The minimum Gasteiger partial charge on any atom is -0.395 e. The normalized spacial score (nSPS) is 11.5. The fourth-order valence-electron chi connectivity index (χ4n) is 2.77. The summed E-state index contributed by atoms with van der Waals surface area (Å²) < 4.78 is 1.11. The molecule has 26 heavy (non-hydrogen) atoms. The molecule has 2 N–H and O–H groups in total. The molecule has 3 aromatic rings. The molecule has 0 saturated heterocycles. The van der Waals surface area contributed by atoms with Crippen molar-refractivity contribution in [3.8, 4) is 0 Å². The molecule has 0 atom stereocenters. The first-order valence-electron chi connectivity index (χ1n) is 8.47. The highest BCUT2D eigenvalue weighted by atomic mass is 32.1. The standard InChI is InChI=1S/C19H22N4O2S/c1-13-4-3-5-17-18(13)20-19(26-17)22-21-16-7-6-15(12-14(16)2)23(8-10-24)9-11-25/h3-7,12,24-25H,8-11H2,1-2H3/b22-21+. The van der Waals surface area contributed by atoms with Gasteiger partial charge in [0.15, 0.2) is 0 Å². The van der Waals surface area contributed by atoms with E-state index < -0.39 is 0 Å². The van der Waals surface area contributed by atoms with Gasteiger partial charge in [0, 0.05) is 18.8 Å². The molecule has 3 rings (SSSR count). The summed E-state index contributed by atoms with van der Waals surface area (Å²) in [6.45, 7) is 5.04. The summed E-state index contributed by atoms with van der Waals surface area (Å²) in [5, 5.41) is 27.6. The van der Waals surface area contributed by atoms with Crippen molar-refractivity contribution in [3.63, 3.8) is 0 Å². The van der Waals surface area contributed by atoms with Crippen LogP contribution in [0.1, 0.15) is 11.1 Å². The van der Waals surface area contributed by atoms with Crippen LogP contribution in [0.4, 0.5) is 16.5 Å². The summed E-state index contributed by atoms with van der Waals surface area (Å²) in [5.74, 6) is 0. The van der Waals surface area contributed by atoms with E-state index in [0.717, 1.165) is 32.7 Å². The minimum atomic E-state index is 0.0392. The molecule has 2 aromatic carbocycles. The number of azo groups is 1. The molecule has 0 fully saturated rings. The molecule has 1 heterocycles. The Morgan fingerprint density at radius 1 is 1.00 bits per heavy atom. The van der Waals surface area contributed by atoms with Gasteiger partial charge in [0.2, 0.25) is 5.13 Å². The Morgan fingerprint density at radius 2 is 1.77 bits per heavy atom. The first-order chi connectivity index (χ1) is 12.6. The fourth-order valence-corrected chi connectivity index (χ4v) is 3.64. The highest BCUT2D eigenvalue weighted by Crippen LogP contribution is 2.32. The zero-order chi connectivity index (χ0) is 18.5. The summed E-state index contributed by atoms with van der Waals surface area (Å²) in [7, 11) is 0. The van der Waals surface area contributed by atoms with Gasteiger partial charge in [0.05, 0.1) is 29.1 Å². The molecule has 7 heteroatoms. The Labute approximate surface area is 156 Å². The van der Waals surface area contributed by atoms with Crippen LogP contribution in [-0.2, 0) is 0 Å². The summed E-state index contributed by atoms with van der Waals surface area (Å²) in [6.07, 6.45) is 0. The average molecular weight is 370 g/mol. The van der Waals surface area contributed by atoms with Crippen LogP contribution < -0.4 is 4.90 Å². The van der Waals surface area contributed by atoms with Crippen molar-refractivity contribution >= 4 is 38.1 Å². The highest BCUT2D eigenvalue weighted by molar-refractivity contribution is 7.21. The first kappa shape index (κ1) is 18.4. The van der Waals surface area contributed by atoms with Crippen LogP contribution in [0.3, 0.4) is 0 Å². The van der Waals surface area contributed by atoms with E-state index in [4.69, 9.17) is 0 Å². The number of anilines is 1. The number of aliphatic hydroxyl groups excluding tert-OH is 2. The zero-order valence-corrected chi connectivity index (χ0v) is 15.7. The highest BCUT2D eigenvalue weighted by Gasteiger charge is 2.08. The third kappa shape index (κ3) is 4.07. The smallest absolute Gasteiger partial charge is 0.231 e. The lowest BCUT2D eigenvalue weighted by Crippen LogP contribution is -2.29. The van der Waals surface area contributed by atoms with E-state index in [9.17, 15) is 10.2 Å². The number of aromatic nitrogens is 1. The van der Waals surface area contributed by atoms with Gasteiger partial charge in [-0.1, -0.05) is 23.5 Å². The van der Waals surface area contributed by atoms with Crippen LogP contribution in [0, 0.1) is 13.8 Å². The molecule has 136 valence electrons. The van der Waals surface area contributed by atoms with Crippen LogP contribution in [0.5, 0.6) is 0 Å². The topological polar surface area (TPSA) is 81.3 Å². The van der Waals surface area contributed by atoms with Gasteiger partial charge >= 0.3 is 0 Å². The van der Waals surface area contributed by atoms with Crippen molar-refractivity contribution in [2.24, 2.45) is 10.2 Å². The number of aryl methyl sites for hydroxylation is 2. The first-order valence-corrected chi connectivity index (χ1v) is 9.29. The van der Waals surface area contributed by atoms with E-state index in [0.29, 0.717) is 18.2 Å². The van der Waals surface area contributed by atoms with E-state index in [-0.39, 0.29) is 13.2 Å². The summed E-state index contributed by atoms with van der Waals surface area (Å²) >= 11 is 1.52. The van der Waals surface area contributed by atoms with Gasteiger partial charge in [-0.05, 0) is 49.2 Å². The summed E-state index contributed by atoms with van der Waals surface area (Å²) in [6, 6.07) is 11.9. The molecule has 0 saturated carbocycles. The number of rotatable bonds is 7. The molecule has 0 amide bonds. The lowest BCUT2D eigenvalue weighted by molar-refractivity contribution is 0.281. The summed E-state index contributed by atoms with van der Waals surface area (Å²) in [5.41, 5.74) is 4.80. The van der Waals surface area contributed by atoms with Gasteiger partial charge in [-0.25, -0.2) is 4.98 Å². The van der Waals surface area contributed by atoms with E-state index >= 15 is 0 Å². The van der Waals surface area contributed by atoms with Crippen LogP contribution in [0.15, 0.2) is 46.6 Å². The van der Waals surface area contributed by atoms with E-state index in [1.165, 1.54) is 11.3 Å². The number of hydrogen-bond acceptors (Lipinski definition) is 7. The second-order valence-electron chi connectivity index (χ2n) is 6.02. The van der Waals surface area contributed by atoms with Crippen molar-refractivity contribution in [1.82, 2.24) is 4.98 Å². The number of para-hydroxylation sites is 1. The SMILES string of the molecule is Cc1cc(N(CCO)CCO)ccc1/N=N/c1nc2c(C)cccc2s1. The Bertz CT molecular complexity index is 917. The zero-order valence-electron chi connectivity index (χ0n) is 14.9. The maximum absolute atomic E-state index is 9.18. The second kappa shape index (κ2) is 8.35. The maximum Gasteiger partial charge on any atom is 0.231 e. The summed E-state index contributed by atoms with van der Waals surface area (Å²) in [4.78, 5) is 6.48. The van der Waals surface area contributed by atoms with Gasteiger partial charge < -0.3 is 15.1 Å². The lowest BCUT2D eigenvalue weighted by Gasteiger charge is -2.23. The average Bonchev–Trinajstić information content (AvgIpc) is 3.05. The molecule has 0 bridgehead atoms. The number of thiazole rings is 1. The molecular weight excluding hydrogens is 348 g/mol. The van der Waals surface area contributed by atoms with Gasteiger partial charge in [-0.3, -0.25) is 0 Å². The van der Waals surface area contributed by atoms with E-state index in [2.05, 4.69) is 15.2 Å². The molecule has 0 spiro atoms. The van der Waals surface area contributed by atoms with E-state index in [1.807, 2.05) is 55.1 Å². The predicted molar refractivity (Wildman–Crippen MR) is 106 cm³/mol. The molecule has 6 nitrogen and oxygen atoms in total. The number of aliphatic hydroxyl groups is 2. The maximum atomic E-state index is 9.18. The van der Waals surface area contributed by atoms with E-state index in [1.54, 1.807) is 0 Å². The number of fused-ring (bicyclic) bond motifs is 1. The third-order valence-electron chi connectivity index (χ3n) is 4.14. The van der Waals surface area contributed by atoms with Crippen molar-refractivity contribution in [1.29, 1.82) is 0 Å². The molecule has 0 radical (unpaired) electrons. The van der Waals surface area contributed by atoms with Gasteiger partial charge in [-0.2, -0.15) is 0 Å². The van der Waals surface area contributed by atoms with Gasteiger partial charge in [0.25, 0.3) is 0 Å². The van der Waals surface area contributed by atoms with Crippen molar-refractivity contribution in [2.75, 3.05) is 31.2 Å². The van der Waals surface area contributed by atoms with Crippen LogP contribution >= 0.6 is 11.3 Å². The molecule has 0 unspecified atom stereocenters. The molecular formula is C19H22N4O2S. The monoisotopic (exact) mass is 370 g/mol. The van der Waals surface area contributed by atoms with Crippen LogP contribution in [-0.4, -0.2) is 41.5 Å². The third-order valence-corrected chi connectivity index (χ3v) is 5.04. The Hall–Kier alpha value is -2.35. The number of nitrogens with zero attached hydrogens (tertiary/aromatic N) is 4. The van der Waals surface area contributed by atoms with Crippen molar-refractivity contribution < 1.29 is 10.2 Å². The number of benzene rings is 2. The second-order valence-corrected chi connectivity index (χ2v) is 7.03. The van der Waals surface area contributed by atoms with Crippen LogP contribution in [0.25, 0.3) is 10.2 Å². The molecule has 0 aliphatic carbocycles.